The number of fused-ring (bicyclic) bond motifs is 3. The molecule has 3 heterocycles. The predicted octanol–water partition coefficient (Wildman–Crippen LogP) is 1.99. The molecule has 0 unspecified atom stereocenters. The molecule has 1 fully saturated rings. The number of hydrogen-bond donors (Lipinski definition) is 1. The Kier molecular flexibility index (Phi) is 2.65. The first-order valence-electron chi connectivity index (χ1n) is 6.84. The summed E-state index contributed by atoms with van der Waals surface area (Å²) in [6, 6.07) is 5.08. The van der Waals surface area contributed by atoms with E-state index in [1.54, 1.807) is 18.6 Å². The van der Waals surface area contributed by atoms with Crippen LogP contribution in [0.1, 0.15) is 18.0 Å². The number of aliphatic hydroxyl groups excluding tert-OH is 1. The highest BCUT2D eigenvalue weighted by atomic mass is 19.1. The van der Waals surface area contributed by atoms with Crippen LogP contribution in [0, 0.1) is 11.7 Å². The fourth-order valence-electron chi connectivity index (χ4n) is 3.47. The SMILES string of the molecule is O[C@@H]1COCC[C@H]1[C@H]1c2cccc(F)c2-c2cncn21. The summed E-state index contributed by atoms with van der Waals surface area (Å²) in [5, 5.41) is 10.2. The number of aromatic nitrogens is 2. The summed E-state index contributed by atoms with van der Waals surface area (Å²) in [5.41, 5.74) is 2.35. The van der Waals surface area contributed by atoms with E-state index in [-0.39, 0.29) is 17.8 Å². The van der Waals surface area contributed by atoms with Gasteiger partial charge >= 0.3 is 0 Å². The highest BCUT2D eigenvalue weighted by Crippen LogP contribution is 2.46. The largest absolute Gasteiger partial charge is 0.390 e. The average molecular weight is 274 g/mol. The molecule has 1 aromatic carbocycles. The Balaban J connectivity index is 1.87. The van der Waals surface area contributed by atoms with Crippen LogP contribution in [0.2, 0.25) is 0 Å². The molecule has 4 rings (SSSR count). The van der Waals surface area contributed by atoms with Crippen LogP contribution < -0.4 is 0 Å². The summed E-state index contributed by atoms with van der Waals surface area (Å²) in [4.78, 5) is 4.14. The molecule has 1 aromatic heterocycles. The zero-order valence-corrected chi connectivity index (χ0v) is 10.9. The quantitative estimate of drug-likeness (QED) is 0.865. The van der Waals surface area contributed by atoms with E-state index < -0.39 is 6.10 Å². The van der Waals surface area contributed by atoms with Gasteiger partial charge in [-0.25, -0.2) is 9.37 Å². The molecule has 0 saturated carbocycles. The monoisotopic (exact) mass is 274 g/mol. The Morgan fingerprint density at radius 1 is 1.40 bits per heavy atom. The van der Waals surface area contributed by atoms with Gasteiger partial charge in [-0.05, 0) is 18.1 Å². The van der Waals surface area contributed by atoms with E-state index in [0.717, 1.165) is 17.7 Å². The second-order valence-corrected chi connectivity index (χ2v) is 5.43. The second-order valence-electron chi connectivity index (χ2n) is 5.43. The van der Waals surface area contributed by atoms with Gasteiger partial charge in [0.2, 0.25) is 0 Å². The summed E-state index contributed by atoms with van der Waals surface area (Å²) >= 11 is 0. The molecule has 1 saturated heterocycles. The van der Waals surface area contributed by atoms with Crippen molar-refractivity contribution in [2.75, 3.05) is 13.2 Å². The number of halogens is 1. The molecular formula is C15H15FN2O2. The second kappa shape index (κ2) is 4.40. The van der Waals surface area contributed by atoms with Crippen LogP contribution in [-0.2, 0) is 4.74 Å². The van der Waals surface area contributed by atoms with Crippen LogP contribution in [0.4, 0.5) is 4.39 Å². The molecule has 0 aliphatic carbocycles. The van der Waals surface area contributed by atoms with Gasteiger partial charge in [0.05, 0.1) is 37.0 Å². The van der Waals surface area contributed by atoms with Gasteiger partial charge in [-0.15, -0.1) is 0 Å². The minimum atomic E-state index is -0.529. The Bertz CT molecular complexity index is 655. The molecule has 0 bridgehead atoms. The highest BCUT2D eigenvalue weighted by molar-refractivity contribution is 5.69. The maximum Gasteiger partial charge on any atom is 0.132 e. The van der Waals surface area contributed by atoms with Crippen molar-refractivity contribution in [1.29, 1.82) is 0 Å². The van der Waals surface area contributed by atoms with Crippen LogP contribution in [0.15, 0.2) is 30.7 Å². The third-order valence-corrected chi connectivity index (χ3v) is 4.37. The lowest BCUT2D eigenvalue weighted by Gasteiger charge is -2.33. The predicted molar refractivity (Wildman–Crippen MR) is 70.7 cm³/mol. The molecular weight excluding hydrogens is 259 g/mol. The van der Waals surface area contributed by atoms with Gasteiger partial charge in [-0.3, -0.25) is 0 Å². The molecule has 3 atom stereocenters. The van der Waals surface area contributed by atoms with Crippen LogP contribution in [0.3, 0.4) is 0 Å². The van der Waals surface area contributed by atoms with Crippen molar-refractivity contribution >= 4 is 0 Å². The molecule has 1 N–H and O–H groups in total. The zero-order valence-electron chi connectivity index (χ0n) is 10.9. The molecule has 0 radical (unpaired) electrons. The molecule has 104 valence electrons. The van der Waals surface area contributed by atoms with Crippen molar-refractivity contribution in [1.82, 2.24) is 9.55 Å². The van der Waals surface area contributed by atoms with E-state index >= 15 is 0 Å². The zero-order chi connectivity index (χ0) is 13.7. The van der Waals surface area contributed by atoms with Crippen molar-refractivity contribution in [3.63, 3.8) is 0 Å². The van der Waals surface area contributed by atoms with Gasteiger partial charge < -0.3 is 14.4 Å². The fourth-order valence-corrected chi connectivity index (χ4v) is 3.47. The van der Waals surface area contributed by atoms with Crippen molar-refractivity contribution in [3.8, 4) is 11.3 Å². The molecule has 0 amide bonds. The van der Waals surface area contributed by atoms with E-state index in [0.29, 0.717) is 18.8 Å². The molecule has 2 aromatic rings. The van der Waals surface area contributed by atoms with Crippen LogP contribution in [-0.4, -0.2) is 34.0 Å². The standard InChI is InChI=1S/C15H15FN2O2/c16-11-3-1-2-10-14(11)12-6-17-8-18(12)15(10)9-4-5-20-7-13(9)19/h1-3,6,8-9,13,15,19H,4-5,7H2/t9-,13-,15+/m1/s1. The van der Waals surface area contributed by atoms with E-state index in [1.807, 2.05) is 10.6 Å². The van der Waals surface area contributed by atoms with Crippen molar-refractivity contribution in [2.45, 2.75) is 18.6 Å². The third kappa shape index (κ3) is 1.57. The molecule has 0 spiro atoms. The van der Waals surface area contributed by atoms with Gasteiger partial charge in [0.15, 0.2) is 0 Å². The lowest BCUT2D eigenvalue weighted by molar-refractivity contribution is -0.0540. The fraction of sp³-hybridized carbons (Fsp3) is 0.400. The molecule has 2 aliphatic rings. The number of rotatable bonds is 1. The van der Waals surface area contributed by atoms with Gasteiger partial charge in [-0.2, -0.15) is 0 Å². The topological polar surface area (TPSA) is 47.3 Å². The summed E-state index contributed by atoms with van der Waals surface area (Å²) in [6.07, 6.45) is 3.65. The van der Waals surface area contributed by atoms with Crippen LogP contribution in [0.25, 0.3) is 11.3 Å². The van der Waals surface area contributed by atoms with Gasteiger partial charge in [0.25, 0.3) is 0 Å². The number of benzene rings is 1. The summed E-state index contributed by atoms with van der Waals surface area (Å²) in [7, 11) is 0. The Labute approximate surface area is 115 Å². The first-order valence-corrected chi connectivity index (χ1v) is 6.84. The van der Waals surface area contributed by atoms with E-state index in [4.69, 9.17) is 4.74 Å². The maximum atomic E-state index is 14.2. The first kappa shape index (κ1) is 12.1. The minimum absolute atomic E-state index is 0.0275. The number of imidazole rings is 1. The maximum absolute atomic E-state index is 14.2. The summed E-state index contributed by atoms with van der Waals surface area (Å²) in [5.74, 6) is -0.201. The van der Waals surface area contributed by atoms with Crippen LogP contribution in [0.5, 0.6) is 0 Å². The van der Waals surface area contributed by atoms with Crippen LogP contribution >= 0.6 is 0 Å². The van der Waals surface area contributed by atoms with Crippen molar-refractivity contribution in [2.24, 2.45) is 5.92 Å². The lowest BCUT2D eigenvalue weighted by Crippen LogP contribution is -2.37. The van der Waals surface area contributed by atoms with Gasteiger partial charge in [0.1, 0.15) is 5.82 Å². The number of nitrogens with zero attached hydrogens (tertiary/aromatic N) is 2. The van der Waals surface area contributed by atoms with E-state index in [1.165, 1.54) is 6.07 Å². The number of hydrogen-bond acceptors (Lipinski definition) is 3. The minimum Gasteiger partial charge on any atom is -0.390 e. The van der Waals surface area contributed by atoms with Crippen molar-refractivity contribution < 1.29 is 14.2 Å². The Hall–Kier alpha value is -1.72. The smallest absolute Gasteiger partial charge is 0.132 e. The summed E-state index contributed by atoms with van der Waals surface area (Å²) in [6.45, 7) is 0.975. The van der Waals surface area contributed by atoms with Gasteiger partial charge in [0, 0.05) is 18.1 Å². The highest BCUT2D eigenvalue weighted by Gasteiger charge is 2.40. The van der Waals surface area contributed by atoms with Crippen molar-refractivity contribution in [3.05, 3.63) is 42.1 Å². The van der Waals surface area contributed by atoms with Gasteiger partial charge in [-0.1, -0.05) is 12.1 Å². The lowest BCUT2D eigenvalue weighted by atomic mass is 9.85. The summed E-state index contributed by atoms with van der Waals surface area (Å²) < 4.78 is 21.4. The Morgan fingerprint density at radius 3 is 3.15 bits per heavy atom. The average Bonchev–Trinajstić information content (AvgIpc) is 3.00. The number of aliphatic hydroxyl groups is 1. The Morgan fingerprint density at radius 2 is 2.30 bits per heavy atom. The molecule has 20 heavy (non-hydrogen) atoms. The van der Waals surface area contributed by atoms with E-state index in [9.17, 15) is 9.50 Å². The first-order chi connectivity index (χ1) is 9.77. The number of ether oxygens (including phenoxy) is 1. The molecule has 4 nitrogen and oxygen atoms in total. The third-order valence-electron chi connectivity index (χ3n) is 4.37. The molecule has 5 heteroatoms. The molecule has 2 aliphatic heterocycles. The van der Waals surface area contributed by atoms with E-state index in [2.05, 4.69) is 4.98 Å². The normalized spacial score (nSPS) is 28.2.